The van der Waals surface area contributed by atoms with Gasteiger partial charge in [-0.25, -0.2) is 0 Å². The number of carbonyl (C=O) groups is 4. The van der Waals surface area contributed by atoms with Crippen LogP contribution in [0.5, 0.6) is 0 Å². The summed E-state index contributed by atoms with van der Waals surface area (Å²) in [5.74, 6) is -2.15. The molecule has 0 saturated carbocycles. The summed E-state index contributed by atoms with van der Waals surface area (Å²) in [4.78, 5) is 69.8. The average molecular weight is 609 g/mol. The van der Waals surface area contributed by atoms with E-state index in [1.807, 2.05) is 27.7 Å². The first-order valence-electron chi connectivity index (χ1n) is 13.7. The molecule has 0 N–H and O–H groups in total. The Balaban J connectivity index is -0.00000102. The molecule has 0 unspecified atom stereocenters. The summed E-state index contributed by atoms with van der Waals surface area (Å²) >= 11 is 0. The Morgan fingerprint density at radius 3 is 0.775 bits per heavy atom. The summed E-state index contributed by atoms with van der Waals surface area (Å²) in [6, 6.07) is 0. The molecule has 0 rings (SSSR count). The molecule has 0 atom stereocenters. The first kappa shape index (κ1) is 51.4. The fraction of sp³-hybridized carbons (Fsp3) is 0.846. The Morgan fingerprint density at radius 2 is 0.600 bits per heavy atom. The van der Waals surface area contributed by atoms with Gasteiger partial charge in [-0.1, -0.05) is 79.1 Å². The van der Waals surface area contributed by atoms with E-state index in [-0.39, 0.29) is 157 Å². The predicted molar refractivity (Wildman–Crippen MR) is 157 cm³/mol. The number of unbranched alkanes of at least 4 members (excludes halogenated alkanes) is 8. The van der Waals surface area contributed by atoms with Gasteiger partial charge in [-0.15, -0.1) is 0 Å². The van der Waals surface area contributed by atoms with Gasteiger partial charge >= 0.3 is 23.9 Å². The number of rotatable bonds is 23. The van der Waals surface area contributed by atoms with Crippen LogP contribution in [0.4, 0.5) is 0 Å². The number of hydrogen-bond donors (Lipinski definition) is 0. The van der Waals surface area contributed by atoms with Gasteiger partial charge in [0.15, 0.2) is 0 Å². The molecule has 0 bridgehead atoms. The van der Waals surface area contributed by atoms with Crippen molar-refractivity contribution in [2.24, 2.45) is 0 Å². The van der Waals surface area contributed by atoms with Gasteiger partial charge < -0.3 is 19.4 Å². The quantitative estimate of drug-likeness (QED) is 0.0950. The predicted octanol–water partition coefficient (Wildman–Crippen LogP) is 4.22. The van der Waals surface area contributed by atoms with Crippen molar-refractivity contribution in [1.29, 1.82) is 0 Å². The summed E-state index contributed by atoms with van der Waals surface area (Å²) in [7, 11) is 0. The van der Waals surface area contributed by atoms with Crippen LogP contribution in [-0.4, -0.2) is 166 Å². The number of hydroxylamine groups is 4. The van der Waals surface area contributed by atoms with Crippen molar-refractivity contribution >= 4 is 142 Å². The van der Waals surface area contributed by atoms with Crippen molar-refractivity contribution in [3.8, 4) is 0 Å². The zero-order chi connectivity index (χ0) is 27.0. The smallest absolute Gasteiger partial charge is 0.329 e. The van der Waals surface area contributed by atoms with Gasteiger partial charge in [-0.3, -0.25) is 19.2 Å². The second-order valence-electron chi connectivity index (χ2n) is 8.79. The first-order valence-corrected chi connectivity index (χ1v) is 13.7. The van der Waals surface area contributed by atoms with E-state index in [0.717, 1.165) is 61.8 Å². The van der Waals surface area contributed by atoms with E-state index in [4.69, 9.17) is 19.4 Å². The first-order chi connectivity index (χ1) is 17.4. The molecule has 0 aliphatic rings. The van der Waals surface area contributed by atoms with Crippen LogP contribution in [0, 0.1) is 0 Å². The normalized spacial score (nSPS) is 9.85. The second kappa shape index (κ2) is 37.0. The van der Waals surface area contributed by atoms with Crippen molar-refractivity contribution in [2.75, 3.05) is 13.1 Å². The molecule has 0 aromatic rings. The molecule has 0 amide bonds. The monoisotopic (exact) mass is 608 g/mol. The van der Waals surface area contributed by atoms with E-state index in [1.165, 1.54) is 0 Å². The molecule has 0 aromatic carbocycles. The minimum atomic E-state index is -0.538. The summed E-state index contributed by atoms with van der Waals surface area (Å²) in [5.41, 5.74) is 0. The summed E-state index contributed by atoms with van der Waals surface area (Å²) in [6.45, 7) is 7.75. The number of nitrogens with zero attached hydrogens (tertiary/aromatic N) is 2. The Morgan fingerprint density at radius 1 is 0.400 bits per heavy atom. The van der Waals surface area contributed by atoms with Crippen LogP contribution in [0.3, 0.4) is 0 Å². The minimum Gasteiger partial charge on any atom is -0.333 e. The van der Waals surface area contributed by atoms with E-state index < -0.39 is 23.9 Å². The van der Waals surface area contributed by atoms with Crippen molar-refractivity contribution in [3.05, 3.63) is 0 Å². The summed E-state index contributed by atoms with van der Waals surface area (Å²) in [5, 5.41) is 1.57. The molecule has 0 spiro atoms. The molecule has 4 radical (unpaired) electrons. The van der Waals surface area contributed by atoms with E-state index in [0.29, 0.717) is 25.7 Å². The topological polar surface area (TPSA) is 112 Å². The van der Waals surface area contributed by atoms with Crippen LogP contribution in [0.15, 0.2) is 0 Å². The molecular weight excluding hydrogens is 560 g/mol. The maximum Gasteiger partial charge on any atom is 0.329 e. The molecule has 214 valence electrons. The van der Waals surface area contributed by atoms with Gasteiger partial charge in [0.05, 0.1) is 13.1 Å². The molecule has 0 aliphatic carbocycles. The third-order valence-electron chi connectivity index (χ3n) is 5.22. The van der Waals surface area contributed by atoms with Gasteiger partial charge in [0.2, 0.25) is 0 Å². The fourth-order valence-corrected chi connectivity index (χ4v) is 3.10. The fourth-order valence-electron chi connectivity index (χ4n) is 3.10. The summed E-state index contributed by atoms with van der Waals surface area (Å²) < 4.78 is 0. The van der Waals surface area contributed by atoms with Crippen LogP contribution < -0.4 is 0 Å². The van der Waals surface area contributed by atoms with E-state index in [1.54, 1.807) is 0 Å². The minimum absolute atomic E-state index is 0. The molecule has 0 aliphatic heterocycles. The van der Waals surface area contributed by atoms with E-state index in [9.17, 15) is 19.2 Å². The van der Waals surface area contributed by atoms with Gasteiger partial charge in [-0.05, 0) is 25.7 Å². The summed E-state index contributed by atoms with van der Waals surface area (Å²) in [6.07, 6.45) is 10.7. The SMILES string of the molecule is CCCCCC(=O)ON(CCN(OC(=O)CCCCC)OC(=O)CCCCC)OC(=O)CCCCC.[Na].[Na].[Na].[Na]. The van der Waals surface area contributed by atoms with E-state index >= 15 is 0 Å². The van der Waals surface area contributed by atoms with Gasteiger partial charge in [-0.2, -0.15) is 0 Å². The Kier molecular flexibility index (Phi) is 47.5. The van der Waals surface area contributed by atoms with Crippen LogP contribution >= 0.6 is 0 Å². The molecule has 0 saturated heterocycles. The second-order valence-corrected chi connectivity index (χ2v) is 8.79. The average Bonchev–Trinajstić information content (AvgIpc) is 2.83. The van der Waals surface area contributed by atoms with Crippen LogP contribution in [0.1, 0.15) is 130 Å². The Labute approximate surface area is 330 Å². The molecular formula is C26H48N2Na4O8. The molecule has 14 heteroatoms. The molecule has 0 fully saturated rings. The maximum absolute atomic E-state index is 12.2. The van der Waals surface area contributed by atoms with Crippen molar-refractivity contribution in [2.45, 2.75) is 130 Å². The molecule has 0 aromatic heterocycles. The van der Waals surface area contributed by atoms with Gasteiger partial charge in [0.1, 0.15) is 0 Å². The van der Waals surface area contributed by atoms with Crippen LogP contribution in [0.2, 0.25) is 0 Å². The Hall–Kier alpha value is 1.80. The van der Waals surface area contributed by atoms with Crippen molar-refractivity contribution < 1.29 is 38.5 Å². The van der Waals surface area contributed by atoms with Gasteiger partial charge in [0, 0.05) is 154 Å². The zero-order valence-electron chi connectivity index (χ0n) is 26.9. The molecule has 0 heterocycles. The van der Waals surface area contributed by atoms with Gasteiger partial charge in [0.25, 0.3) is 0 Å². The standard InChI is InChI=1S/C26H48N2O8.4Na/c1-5-9-13-17-23(29)33-27(34-24(30)18-14-10-6-2)21-22-28(35-25(31)19-15-11-7-3)36-26(32)20-16-12-8-4;;;;/h5-22H2,1-4H3;;;;. The van der Waals surface area contributed by atoms with Crippen LogP contribution in [-0.2, 0) is 38.5 Å². The molecule has 40 heavy (non-hydrogen) atoms. The molecule has 10 nitrogen and oxygen atoms in total. The number of hydrogen-bond acceptors (Lipinski definition) is 10. The van der Waals surface area contributed by atoms with Crippen molar-refractivity contribution in [1.82, 2.24) is 10.5 Å². The Bertz CT molecular complexity index is 534. The van der Waals surface area contributed by atoms with Crippen molar-refractivity contribution in [3.63, 3.8) is 0 Å². The third-order valence-corrected chi connectivity index (χ3v) is 5.22. The third kappa shape index (κ3) is 32.7. The largest absolute Gasteiger partial charge is 0.333 e. The van der Waals surface area contributed by atoms with Crippen LogP contribution in [0.25, 0.3) is 0 Å². The zero-order valence-corrected chi connectivity index (χ0v) is 34.9. The maximum atomic E-state index is 12.2. The van der Waals surface area contributed by atoms with E-state index in [2.05, 4.69) is 0 Å². The number of carbonyl (C=O) groups excluding carboxylic acids is 4.